The van der Waals surface area contributed by atoms with Gasteiger partial charge >= 0.3 is 6.09 Å². The lowest BCUT2D eigenvalue weighted by Gasteiger charge is -2.16. The van der Waals surface area contributed by atoms with E-state index in [9.17, 15) is 4.79 Å². The SMILES string of the molecule is COC[C@H](C)NC(=O)OCC1c2ccccc2-c2ccccc21. The van der Waals surface area contributed by atoms with E-state index in [2.05, 4.69) is 29.6 Å². The minimum Gasteiger partial charge on any atom is -0.449 e. The number of benzene rings is 2. The zero-order valence-electron chi connectivity index (χ0n) is 13.4. The molecule has 120 valence electrons. The van der Waals surface area contributed by atoms with Crippen LogP contribution in [0.3, 0.4) is 0 Å². The molecule has 0 heterocycles. The highest BCUT2D eigenvalue weighted by atomic mass is 16.5. The maximum Gasteiger partial charge on any atom is 0.407 e. The third-order valence-electron chi connectivity index (χ3n) is 4.12. The van der Waals surface area contributed by atoms with E-state index in [1.54, 1.807) is 7.11 Å². The number of hydrogen-bond acceptors (Lipinski definition) is 3. The van der Waals surface area contributed by atoms with Gasteiger partial charge in [-0.2, -0.15) is 0 Å². The monoisotopic (exact) mass is 311 g/mol. The average molecular weight is 311 g/mol. The summed E-state index contributed by atoms with van der Waals surface area (Å²) in [4.78, 5) is 11.9. The third kappa shape index (κ3) is 3.22. The highest BCUT2D eigenvalue weighted by Gasteiger charge is 2.29. The van der Waals surface area contributed by atoms with Crippen molar-refractivity contribution in [2.24, 2.45) is 0 Å². The highest BCUT2D eigenvalue weighted by Crippen LogP contribution is 2.44. The number of carbonyl (C=O) groups excluding carboxylic acids is 1. The van der Waals surface area contributed by atoms with Crippen molar-refractivity contribution in [2.45, 2.75) is 18.9 Å². The van der Waals surface area contributed by atoms with E-state index in [-0.39, 0.29) is 12.0 Å². The van der Waals surface area contributed by atoms with Crippen molar-refractivity contribution in [3.8, 4) is 11.1 Å². The predicted octanol–water partition coefficient (Wildman–Crippen LogP) is 3.56. The van der Waals surface area contributed by atoms with E-state index in [0.29, 0.717) is 13.2 Å². The molecule has 0 radical (unpaired) electrons. The van der Waals surface area contributed by atoms with Crippen LogP contribution in [0.25, 0.3) is 11.1 Å². The van der Waals surface area contributed by atoms with Crippen molar-refractivity contribution in [1.29, 1.82) is 0 Å². The van der Waals surface area contributed by atoms with Gasteiger partial charge in [0.25, 0.3) is 0 Å². The van der Waals surface area contributed by atoms with Crippen LogP contribution in [-0.2, 0) is 9.47 Å². The number of carbonyl (C=O) groups is 1. The Bertz CT molecular complexity index is 653. The molecular formula is C19H21NO3. The number of ether oxygens (including phenoxy) is 2. The van der Waals surface area contributed by atoms with Crippen LogP contribution < -0.4 is 5.32 Å². The molecule has 0 unspecified atom stereocenters. The number of methoxy groups -OCH3 is 1. The molecule has 0 aromatic heterocycles. The quantitative estimate of drug-likeness (QED) is 0.918. The van der Waals surface area contributed by atoms with Gasteiger partial charge in [-0.3, -0.25) is 0 Å². The Morgan fingerprint density at radius 3 is 2.22 bits per heavy atom. The van der Waals surface area contributed by atoms with E-state index in [1.165, 1.54) is 22.3 Å². The lowest BCUT2D eigenvalue weighted by Crippen LogP contribution is -2.36. The van der Waals surface area contributed by atoms with Gasteiger partial charge in [0.1, 0.15) is 6.61 Å². The molecule has 0 bridgehead atoms. The Morgan fingerprint density at radius 1 is 1.09 bits per heavy atom. The molecule has 3 rings (SSSR count). The number of alkyl carbamates (subject to hydrolysis) is 1. The van der Waals surface area contributed by atoms with Gasteiger partial charge in [0, 0.05) is 13.0 Å². The summed E-state index contributed by atoms with van der Waals surface area (Å²) in [6.45, 7) is 2.68. The van der Waals surface area contributed by atoms with Crippen LogP contribution in [0.5, 0.6) is 0 Å². The van der Waals surface area contributed by atoms with Crippen LogP contribution in [0.1, 0.15) is 24.0 Å². The zero-order chi connectivity index (χ0) is 16.2. The Hall–Kier alpha value is -2.33. The van der Waals surface area contributed by atoms with Crippen molar-refractivity contribution in [3.05, 3.63) is 59.7 Å². The van der Waals surface area contributed by atoms with Gasteiger partial charge in [-0.05, 0) is 29.2 Å². The van der Waals surface area contributed by atoms with E-state index in [0.717, 1.165) is 0 Å². The van der Waals surface area contributed by atoms with E-state index < -0.39 is 6.09 Å². The summed E-state index contributed by atoms with van der Waals surface area (Å²) in [5.41, 5.74) is 4.88. The molecular weight excluding hydrogens is 290 g/mol. The van der Waals surface area contributed by atoms with Crippen molar-refractivity contribution in [2.75, 3.05) is 20.3 Å². The Labute approximate surface area is 136 Å². The molecule has 0 spiro atoms. The summed E-state index contributed by atoms with van der Waals surface area (Å²) in [7, 11) is 1.61. The van der Waals surface area contributed by atoms with Crippen LogP contribution in [0.2, 0.25) is 0 Å². The fourth-order valence-electron chi connectivity index (χ4n) is 3.13. The second-order valence-electron chi connectivity index (χ2n) is 5.83. The average Bonchev–Trinajstić information content (AvgIpc) is 2.87. The third-order valence-corrected chi connectivity index (χ3v) is 4.12. The zero-order valence-corrected chi connectivity index (χ0v) is 13.4. The summed E-state index contributed by atoms with van der Waals surface area (Å²) < 4.78 is 10.5. The van der Waals surface area contributed by atoms with Gasteiger partial charge in [-0.1, -0.05) is 48.5 Å². The molecule has 1 amide bonds. The van der Waals surface area contributed by atoms with Gasteiger partial charge in [0.15, 0.2) is 0 Å². The standard InChI is InChI=1S/C19H21NO3/c1-13(11-22-2)20-19(21)23-12-18-16-9-5-3-7-14(16)15-8-4-6-10-17(15)18/h3-10,13,18H,11-12H2,1-2H3,(H,20,21)/t13-/m0/s1. The van der Waals surface area contributed by atoms with Gasteiger partial charge < -0.3 is 14.8 Å². The molecule has 0 saturated carbocycles. The second kappa shape index (κ2) is 6.84. The molecule has 0 aliphatic heterocycles. The summed E-state index contributed by atoms with van der Waals surface area (Å²) in [6, 6.07) is 16.5. The fraction of sp³-hybridized carbons (Fsp3) is 0.316. The molecule has 2 aromatic rings. The lowest BCUT2D eigenvalue weighted by molar-refractivity contribution is 0.126. The van der Waals surface area contributed by atoms with E-state index in [4.69, 9.17) is 9.47 Å². The van der Waals surface area contributed by atoms with E-state index >= 15 is 0 Å². The topological polar surface area (TPSA) is 47.6 Å². The highest BCUT2D eigenvalue weighted by molar-refractivity contribution is 5.79. The smallest absolute Gasteiger partial charge is 0.407 e. The number of hydrogen-bond donors (Lipinski definition) is 1. The first-order valence-corrected chi connectivity index (χ1v) is 7.81. The summed E-state index contributed by atoms with van der Waals surface area (Å²) in [5.74, 6) is 0.0888. The fourth-order valence-corrected chi connectivity index (χ4v) is 3.13. The lowest BCUT2D eigenvalue weighted by atomic mass is 9.98. The molecule has 1 atom stereocenters. The van der Waals surface area contributed by atoms with Gasteiger partial charge in [0.05, 0.1) is 12.6 Å². The minimum absolute atomic E-state index is 0.0735. The molecule has 4 nitrogen and oxygen atoms in total. The molecule has 1 N–H and O–H groups in total. The summed E-state index contributed by atoms with van der Waals surface area (Å²) in [6.07, 6.45) is -0.406. The van der Waals surface area contributed by atoms with Gasteiger partial charge in [0.2, 0.25) is 0 Å². The number of rotatable bonds is 5. The first kappa shape index (κ1) is 15.6. The number of fused-ring (bicyclic) bond motifs is 3. The Kier molecular flexibility index (Phi) is 4.63. The van der Waals surface area contributed by atoms with Crippen molar-refractivity contribution in [1.82, 2.24) is 5.32 Å². The first-order valence-electron chi connectivity index (χ1n) is 7.81. The minimum atomic E-state index is -0.406. The van der Waals surface area contributed by atoms with Crippen molar-refractivity contribution >= 4 is 6.09 Å². The van der Waals surface area contributed by atoms with Crippen LogP contribution in [-0.4, -0.2) is 32.5 Å². The summed E-state index contributed by atoms with van der Waals surface area (Å²) in [5, 5.41) is 2.77. The Morgan fingerprint density at radius 2 is 1.65 bits per heavy atom. The van der Waals surface area contributed by atoms with Gasteiger partial charge in [-0.15, -0.1) is 0 Å². The maximum atomic E-state index is 11.9. The molecule has 0 saturated heterocycles. The van der Waals surface area contributed by atoms with Crippen molar-refractivity contribution < 1.29 is 14.3 Å². The Balaban J connectivity index is 1.72. The van der Waals surface area contributed by atoms with Crippen LogP contribution in [0, 0.1) is 0 Å². The maximum absolute atomic E-state index is 11.9. The second-order valence-corrected chi connectivity index (χ2v) is 5.83. The van der Waals surface area contributed by atoms with Crippen LogP contribution >= 0.6 is 0 Å². The molecule has 1 aliphatic carbocycles. The van der Waals surface area contributed by atoms with E-state index in [1.807, 2.05) is 31.2 Å². The summed E-state index contributed by atoms with van der Waals surface area (Å²) >= 11 is 0. The molecule has 2 aromatic carbocycles. The van der Waals surface area contributed by atoms with Crippen LogP contribution in [0.15, 0.2) is 48.5 Å². The largest absolute Gasteiger partial charge is 0.449 e. The normalized spacial score (nSPS) is 14.0. The first-order chi connectivity index (χ1) is 11.2. The van der Waals surface area contributed by atoms with Crippen LogP contribution in [0.4, 0.5) is 4.79 Å². The molecule has 4 heteroatoms. The number of amides is 1. The van der Waals surface area contributed by atoms with Gasteiger partial charge in [-0.25, -0.2) is 4.79 Å². The van der Waals surface area contributed by atoms with Crippen molar-refractivity contribution in [3.63, 3.8) is 0 Å². The number of nitrogens with one attached hydrogen (secondary N) is 1. The predicted molar refractivity (Wildman–Crippen MR) is 89.5 cm³/mol. The molecule has 1 aliphatic rings. The molecule has 0 fully saturated rings. The molecule has 23 heavy (non-hydrogen) atoms.